The van der Waals surface area contributed by atoms with Gasteiger partial charge < -0.3 is 29.0 Å². The monoisotopic (exact) mass is 525 g/mol. The number of amides is 1. The van der Waals surface area contributed by atoms with E-state index in [9.17, 15) is 4.79 Å². The van der Waals surface area contributed by atoms with E-state index in [1.54, 1.807) is 6.07 Å². The number of anilines is 1. The van der Waals surface area contributed by atoms with Gasteiger partial charge in [0.1, 0.15) is 13.2 Å². The summed E-state index contributed by atoms with van der Waals surface area (Å²) in [7, 11) is 0. The summed E-state index contributed by atoms with van der Waals surface area (Å²) in [6.45, 7) is 3.63. The summed E-state index contributed by atoms with van der Waals surface area (Å²) < 4.78 is 28.4. The molecule has 5 aromatic rings. The Kier molecular flexibility index (Phi) is 7.72. The molecular formula is C32H31NO6. The molecule has 0 saturated carbocycles. The second-order valence-electron chi connectivity index (χ2n) is 9.50. The van der Waals surface area contributed by atoms with Gasteiger partial charge in [0.2, 0.25) is 5.91 Å². The van der Waals surface area contributed by atoms with Crippen LogP contribution in [0.1, 0.15) is 5.56 Å². The molecule has 0 unspecified atom stereocenters. The van der Waals surface area contributed by atoms with Gasteiger partial charge in [-0.15, -0.1) is 0 Å². The molecule has 0 fully saturated rings. The van der Waals surface area contributed by atoms with Gasteiger partial charge in [0.25, 0.3) is 0 Å². The Balaban J connectivity index is 1.19. The first kappa shape index (κ1) is 25.4. The third-order valence-electron chi connectivity index (χ3n) is 6.91. The van der Waals surface area contributed by atoms with E-state index in [4.69, 9.17) is 23.7 Å². The molecule has 5 aromatic carbocycles. The fourth-order valence-corrected chi connectivity index (χ4v) is 5.11. The van der Waals surface area contributed by atoms with Crippen LogP contribution in [0.5, 0.6) is 11.5 Å². The van der Waals surface area contributed by atoms with E-state index in [0.717, 1.165) is 10.9 Å². The maximum absolute atomic E-state index is 13.2. The lowest BCUT2D eigenvalue weighted by Crippen LogP contribution is -2.15. The molecule has 1 heterocycles. The Morgan fingerprint density at radius 1 is 0.615 bits per heavy atom. The lowest BCUT2D eigenvalue weighted by atomic mass is 9.91. The van der Waals surface area contributed by atoms with Crippen LogP contribution in [0, 0.1) is 0 Å². The second-order valence-corrected chi connectivity index (χ2v) is 9.50. The molecule has 0 atom stereocenters. The molecule has 7 heteroatoms. The maximum Gasteiger partial charge on any atom is 0.228 e. The topological polar surface area (TPSA) is 75.3 Å². The molecule has 39 heavy (non-hydrogen) atoms. The van der Waals surface area contributed by atoms with Crippen LogP contribution in [0.2, 0.25) is 0 Å². The van der Waals surface area contributed by atoms with Gasteiger partial charge in [-0.2, -0.15) is 0 Å². The zero-order chi connectivity index (χ0) is 26.4. The van der Waals surface area contributed by atoms with Crippen LogP contribution < -0.4 is 14.8 Å². The molecule has 7 nitrogen and oxygen atoms in total. The minimum Gasteiger partial charge on any atom is -0.487 e. The number of ether oxygens (including phenoxy) is 5. The van der Waals surface area contributed by atoms with Crippen LogP contribution in [0.25, 0.3) is 32.3 Å². The average Bonchev–Trinajstić information content (AvgIpc) is 2.96. The SMILES string of the molecule is O=C(Cc1ccc2ccc3cccc4ccc1c2c34)Nc1ccc2c(c1)OCCOCCOCCOCCO2. The predicted molar refractivity (Wildman–Crippen MR) is 152 cm³/mol. The van der Waals surface area contributed by atoms with Crippen molar-refractivity contribution in [2.45, 2.75) is 6.42 Å². The van der Waals surface area contributed by atoms with Crippen molar-refractivity contribution >= 4 is 43.9 Å². The average molecular weight is 526 g/mol. The zero-order valence-corrected chi connectivity index (χ0v) is 21.7. The van der Waals surface area contributed by atoms with Gasteiger partial charge in [0, 0.05) is 11.8 Å². The van der Waals surface area contributed by atoms with Gasteiger partial charge in [-0.1, -0.05) is 54.6 Å². The highest BCUT2D eigenvalue weighted by Gasteiger charge is 2.14. The zero-order valence-electron chi connectivity index (χ0n) is 21.7. The van der Waals surface area contributed by atoms with Gasteiger partial charge >= 0.3 is 0 Å². The smallest absolute Gasteiger partial charge is 0.228 e. The lowest BCUT2D eigenvalue weighted by Gasteiger charge is -2.16. The molecule has 0 aliphatic carbocycles. The molecule has 200 valence electrons. The van der Waals surface area contributed by atoms with E-state index < -0.39 is 0 Å². The van der Waals surface area contributed by atoms with E-state index in [0.29, 0.717) is 70.0 Å². The normalized spacial score (nSPS) is 15.7. The van der Waals surface area contributed by atoms with Crippen LogP contribution in [0.3, 0.4) is 0 Å². The Bertz CT molecular complexity index is 1570. The molecule has 0 bridgehead atoms. The fourth-order valence-electron chi connectivity index (χ4n) is 5.11. The van der Waals surface area contributed by atoms with Gasteiger partial charge in [0.15, 0.2) is 11.5 Å². The summed E-state index contributed by atoms with van der Waals surface area (Å²) in [6, 6.07) is 24.5. The molecule has 6 rings (SSSR count). The number of carbonyl (C=O) groups excluding carboxylic acids is 1. The van der Waals surface area contributed by atoms with Crippen LogP contribution in [0.4, 0.5) is 5.69 Å². The first-order chi connectivity index (χ1) is 19.3. The molecule has 0 aromatic heterocycles. The summed E-state index contributed by atoms with van der Waals surface area (Å²) in [6.07, 6.45) is 0.260. The highest BCUT2D eigenvalue weighted by Crippen LogP contribution is 2.36. The van der Waals surface area contributed by atoms with Gasteiger partial charge in [-0.25, -0.2) is 0 Å². The fraction of sp³-hybridized carbons (Fsp3) is 0.281. The van der Waals surface area contributed by atoms with Crippen molar-refractivity contribution in [3.05, 3.63) is 78.4 Å². The van der Waals surface area contributed by atoms with Crippen LogP contribution in [0.15, 0.2) is 72.8 Å². The van der Waals surface area contributed by atoms with Gasteiger partial charge in [-0.3, -0.25) is 4.79 Å². The number of carbonyl (C=O) groups is 1. The summed E-state index contributed by atoms with van der Waals surface area (Å²) in [5, 5.41) is 10.2. The minimum absolute atomic E-state index is 0.0974. The standard InChI is InChI=1S/C32H31NO6/c34-30(20-25-7-6-24-5-4-22-2-1-3-23-8-10-27(25)32(24)31(22)23)33-26-9-11-28-29(21-26)39-19-17-37-15-13-35-12-14-36-16-18-38-28/h1-11,21H,12-20H2,(H,33,34). The number of hydrogen-bond acceptors (Lipinski definition) is 6. The molecule has 1 N–H and O–H groups in total. The molecule has 1 aliphatic rings. The third kappa shape index (κ3) is 5.76. The van der Waals surface area contributed by atoms with Gasteiger partial charge in [0.05, 0.1) is 46.1 Å². The number of hydrogen-bond donors (Lipinski definition) is 1. The van der Waals surface area contributed by atoms with Crippen molar-refractivity contribution in [1.82, 2.24) is 0 Å². The summed E-state index contributed by atoms with van der Waals surface area (Å²) in [5.41, 5.74) is 1.64. The third-order valence-corrected chi connectivity index (χ3v) is 6.91. The Labute approximate surface area is 226 Å². The number of fused-ring (bicyclic) bond motifs is 1. The van der Waals surface area contributed by atoms with Crippen molar-refractivity contribution in [3.8, 4) is 11.5 Å². The maximum atomic E-state index is 13.2. The van der Waals surface area contributed by atoms with Crippen molar-refractivity contribution in [2.24, 2.45) is 0 Å². The van der Waals surface area contributed by atoms with Crippen molar-refractivity contribution < 1.29 is 28.5 Å². The van der Waals surface area contributed by atoms with Crippen molar-refractivity contribution in [1.29, 1.82) is 0 Å². The molecule has 0 saturated heterocycles. The molecule has 0 radical (unpaired) electrons. The van der Waals surface area contributed by atoms with E-state index in [1.165, 1.54) is 26.9 Å². The van der Waals surface area contributed by atoms with Crippen LogP contribution in [-0.4, -0.2) is 58.8 Å². The largest absolute Gasteiger partial charge is 0.487 e. The van der Waals surface area contributed by atoms with E-state index in [2.05, 4.69) is 59.9 Å². The quantitative estimate of drug-likeness (QED) is 0.310. The highest BCUT2D eigenvalue weighted by atomic mass is 16.6. The van der Waals surface area contributed by atoms with E-state index in [-0.39, 0.29) is 12.3 Å². The lowest BCUT2D eigenvalue weighted by molar-refractivity contribution is -0.115. The molecular weight excluding hydrogens is 494 g/mol. The van der Waals surface area contributed by atoms with Crippen LogP contribution >= 0.6 is 0 Å². The molecule has 0 spiro atoms. The van der Waals surface area contributed by atoms with Gasteiger partial charge in [-0.05, 0) is 50.0 Å². The van der Waals surface area contributed by atoms with Crippen molar-refractivity contribution in [3.63, 3.8) is 0 Å². The Hall–Kier alpha value is -3.91. The van der Waals surface area contributed by atoms with E-state index in [1.807, 2.05) is 12.1 Å². The molecule has 1 aliphatic heterocycles. The number of rotatable bonds is 3. The Morgan fingerprint density at radius 2 is 1.21 bits per heavy atom. The summed E-state index contributed by atoms with van der Waals surface area (Å²) in [5.74, 6) is 1.04. The molecule has 1 amide bonds. The predicted octanol–water partition coefficient (Wildman–Crippen LogP) is 5.59. The van der Waals surface area contributed by atoms with Crippen molar-refractivity contribution in [2.75, 3.05) is 58.2 Å². The number of benzene rings is 5. The van der Waals surface area contributed by atoms with Crippen LogP contribution in [-0.2, 0) is 25.4 Å². The summed E-state index contributed by atoms with van der Waals surface area (Å²) in [4.78, 5) is 13.2. The number of nitrogens with one attached hydrogen (secondary N) is 1. The van der Waals surface area contributed by atoms with E-state index >= 15 is 0 Å². The first-order valence-electron chi connectivity index (χ1n) is 13.3. The highest BCUT2D eigenvalue weighted by molar-refractivity contribution is 6.23. The Morgan fingerprint density at radius 3 is 1.92 bits per heavy atom. The second kappa shape index (κ2) is 11.9. The first-order valence-corrected chi connectivity index (χ1v) is 13.3. The minimum atomic E-state index is -0.0974. The summed E-state index contributed by atoms with van der Waals surface area (Å²) >= 11 is 0.